The van der Waals surface area contributed by atoms with Crippen molar-refractivity contribution in [3.8, 4) is 11.3 Å². The average Bonchev–Trinajstić information content (AvgIpc) is 2.83. The van der Waals surface area contributed by atoms with Crippen LogP contribution in [-0.4, -0.2) is 4.37 Å². The van der Waals surface area contributed by atoms with Gasteiger partial charge in [0.1, 0.15) is 16.8 Å². The maximum Gasteiger partial charge on any atom is 0.134 e. The minimum absolute atomic E-state index is 0.718. The fraction of sp³-hybridized carbons (Fsp3) is 0. The van der Waals surface area contributed by atoms with Crippen LogP contribution in [0, 0.1) is 0 Å². The summed E-state index contributed by atoms with van der Waals surface area (Å²) < 4.78 is 9.70. The van der Waals surface area contributed by atoms with E-state index in [0.29, 0.717) is 0 Å². The largest absolute Gasteiger partial charge is 0.464 e. The molecule has 15 heavy (non-hydrogen) atoms. The molecular weight excluding hydrogens is 208 g/mol. The Morgan fingerprint density at radius 1 is 1.27 bits per heavy atom. The molecule has 3 nitrogen and oxygen atoms in total. The smallest absolute Gasteiger partial charge is 0.134 e. The quantitative estimate of drug-likeness (QED) is 0.679. The van der Waals surface area contributed by atoms with Crippen LogP contribution in [0.3, 0.4) is 0 Å². The van der Waals surface area contributed by atoms with Crippen molar-refractivity contribution in [1.82, 2.24) is 4.37 Å². The average molecular weight is 216 g/mol. The number of furan rings is 1. The van der Waals surface area contributed by atoms with E-state index in [9.17, 15) is 0 Å². The molecule has 0 aliphatic heterocycles. The van der Waals surface area contributed by atoms with Gasteiger partial charge in [-0.25, -0.2) is 0 Å². The van der Waals surface area contributed by atoms with Crippen molar-refractivity contribution in [2.75, 3.05) is 5.73 Å². The normalized spacial score (nSPS) is 10.9. The summed E-state index contributed by atoms with van der Waals surface area (Å²) in [4.78, 5) is 0. The van der Waals surface area contributed by atoms with Gasteiger partial charge in [-0.05, 0) is 17.6 Å². The topological polar surface area (TPSA) is 52.0 Å². The van der Waals surface area contributed by atoms with Gasteiger partial charge in [-0.15, -0.1) is 0 Å². The summed E-state index contributed by atoms with van der Waals surface area (Å²) in [7, 11) is 0. The van der Waals surface area contributed by atoms with Crippen LogP contribution in [0.15, 0.2) is 41.0 Å². The lowest BCUT2D eigenvalue weighted by Gasteiger charge is -1.90. The number of para-hydroxylation sites is 1. The molecule has 0 atom stereocenters. The Labute approximate surface area is 90.3 Å². The summed E-state index contributed by atoms with van der Waals surface area (Å²) in [5, 5.41) is 1.79. The van der Waals surface area contributed by atoms with Crippen molar-refractivity contribution in [1.29, 1.82) is 0 Å². The highest BCUT2D eigenvalue weighted by molar-refractivity contribution is 7.10. The van der Waals surface area contributed by atoms with Crippen LogP contribution in [0.5, 0.6) is 0 Å². The molecule has 0 aliphatic rings. The second-order valence-corrected chi connectivity index (χ2v) is 4.10. The molecule has 3 aromatic rings. The number of nitrogen functional groups attached to an aromatic ring is 1. The summed E-state index contributed by atoms with van der Waals surface area (Å²) >= 11 is 1.30. The maximum absolute atomic E-state index is 5.65. The third-order valence-electron chi connectivity index (χ3n) is 2.29. The fourth-order valence-corrected chi connectivity index (χ4v) is 2.11. The Morgan fingerprint density at radius 2 is 2.13 bits per heavy atom. The zero-order valence-electron chi connectivity index (χ0n) is 7.81. The van der Waals surface area contributed by atoms with E-state index in [4.69, 9.17) is 10.2 Å². The fourth-order valence-electron chi connectivity index (χ4n) is 1.59. The van der Waals surface area contributed by atoms with E-state index in [-0.39, 0.29) is 0 Å². The van der Waals surface area contributed by atoms with Gasteiger partial charge in [0.2, 0.25) is 0 Å². The van der Waals surface area contributed by atoms with Gasteiger partial charge < -0.3 is 10.2 Å². The molecule has 0 spiro atoms. The lowest BCUT2D eigenvalue weighted by molar-refractivity contribution is 0.617. The number of fused-ring (bicyclic) bond motifs is 1. The Bertz CT molecular complexity index is 612. The summed E-state index contributed by atoms with van der Waals surface area (Å²) in [6.45, 7) is 0. The van der Waals surface area contributed by atoms with Gasteiger partial charge in [0, 0.05) is 17.0 Å². The number of hydrogen-bond acceptors (Lipinski definition) is 4. The first-order chi connectivity index (χ1) is 7.34. The van der Waals surface area contributed by atoms with E-state index >= 15 is 0 Å². The molecule has 2 N–H and O–H groups in total. The third-order valence-corrected chi connectivity index (χ3v) is 2.90. The molecule has 0 aliphatic carbocycles. The lowest BCUT2D eigenvalue weighted by atomic mass is 10.1. The molecular formula is C11H8N2OS. The Morgan fingerprint density at radius 3 is 2.93 bits per heavy atom. The van der Waals surface area contributed by atoms with Crippen molar-refractivity contribution in [2.24, 2.45) is 0 Å². The first-order valence-corrected chi connectivity index (χ1v) is 5.31. The van der Waals surface area contributed by atoms with Gasteiger partial charge in [-0.1, -0.05) is 18.2 Å². The zero-order chi connectivity index (χ0) is 10.3. The molecule has 0 bridgehead atoms. The predicted octanol–water partition coefficient (Wildman–Crippen LogP) is 3.14. The van der Waals surface area contributed by atoms with Crippen molar-refractivity contribution < 1.29 is 4.42 Å². The van der Waals surface area contributed by atoms with Crippen molar-refractivity contribution in [3.05, 3.63) is 36.6 Å². The van der Waals surface area contributed by atoms with Crippen molar-refractivity contribution >= 4 is 27.5 Å². The van der Waals surface area contributed by atoms with Gasteiger partial charge in [-0.2, -0.15) is 4.37 Å². The van der Waals surface area contributed by atoms with E-state index in [1.807, 2.05) is 30.3 Å². The molecule has 2 aromatic heterocycles. The number of benzene rings is 1. The summed E-state index contributed by atoms with van der Waals surface area (Å²) in [5.74, 6) is 0. The highest BCUT2D eigenvalue weighted by atomic mass is 32.1. The second-order valence-electron chi connectivity index (χ2n) is 3.26. The number of anilines is 1. The van der Waals surface area contributed by atoms with E-state index < -0.39 is 0 Å². The number of rotatable bonds is 1. The number of aromatic nitrogens is 1. The minimum Gasteiger partial charge on any atom is -0.464 e. The third kappa shape index (κ3) is 1.30. The highest BCUT2D eigenvalue weighted by Gasteiger charge is 2.09. The molecule has 2 heterocycles. The number of hydrogen-bond donors (Lipinski definition) is 1. The monoisotopic (exact) mass is 216 g/mol. The zero-order valence-corrected chi connectivity index (χ0v) is 8.62. The van der Waals surface area contributed by atoms with Crippen LogP contribution >= 0.6 is 11.5 Å². The summed E-state index contributed by atoms with van der Waals surface area (Å²) in [6.07, 6.45) is 1.72. The van der Waals surface area contributed by atoms with E-state index in [1.165, 1.54) is 11.5 Å². The highest BCUT2D eigenvalue weighted by Crippen LogP contribution is 2.31. The van der Waals surface area contributed by atoms with Crippen LogP contribution in [0.2, 0.25) is 0 Å². The first kappa shape index (κ1) is 8.49. The maximum atomic E-state index is 5.65. The summed E-state index contributed by atoms with van der Waals surface area (Å²) in [5.41, 5.74) is 8.40. The molecule has 1 aromatic carbocycles. The molecule has 0 fully saturated rings. The predicted molar refractivity (Wildman–Crippen MR) is 61.7 cm³/mol. The Kier molecular flexibility index (Phi) is 1.76. The molecule has 0 unspecified atom stereocenters. The van der Waals surface area contributed by atoms with Crippen LogP contribution in [0.1, 0.15) is 0 Å². The molecule has 0 saturated heterocycles. The lowest BCUT2D eigenvalue weighted by Crippen LogP contribution is -1.75. The Balaban J connectivity index is 2.27. The van der Waals surface area contributed by atoms with Crippen LogP contribution in [-0.2, 0) is 0 Å². The summed E-state index contributed by atoms with van der Waals surface area (Å²) in [6, 6.07) is 9.75. The molecule has 3 rings (SSSR count). The van der Waals surface area contributed by atoms with E-state index in [2.05, 4.69) is 4.37 Å². The van der Waals surface area contributed by atoms with Crippen LogP contribution in [0.25, 0.3) is 22.2 Å². The van der Waals surface area contributed by atoms with Crippen molar-refractivity contribution in [2.45, 2.75) is 0 Å². The number of nitrogens with two attached hydrogens (primary N) is 1. The molecule has 0 radical (unpaired) electrons. The molecule has 4 heteroatoms. The van der Waals surface area contributed by atoms with Gasteiger partial charge >= 0.3 is 0 Å². The molecule has 0 amide bonds. The van der Waals surface area contributed by atoms with E-state index in [1.54, 1.807) is 6.26 Å². The Hall–Kier alpha value is -1.81. The SMILES string of the molecule is Nc1cc(-c2coc3ccccc23)ns1. The van der Waals surface area contributed by atoms with Crippen LogP contribution in [0.4, 0.5) is 5.00 Å². The number of nitrogens with zero attached hydrogens (tertiary/aromatic N) is 1. The molecule has 0 saturated carbocycles. The van der Waals surface area contributed by atoms with Gasteiger partial charge in [-0.3, -0.25) is 0 Å². The van der Waals surface area contributed by atoms with Gasteiger partial charge in [0.05, 0.1) is 5.69 Å². The van der Waals surface area contributed by atoms with Crippen LogP contribution < -0.4 is 5.73 Å². The van der Waals surface area contributed by atoms with E-state index in [0.717, 1.165) is 27.2 Å². The second kappa shape index (κ2) is 3.10. The minimum atomic E-state index is 0.718. The molecule has 74 valence electrons. The van der Waals surface area contributed by atoms with Gasteiger partial charge in [0.25, 0.3) is 0 Å². The van der Waals surface area contributed by atoms with Gasteiger partial charge in [0.15, 0.2) is 0 Å². The standard InChI is InChI=1S/C11H8N2OS/c12-11-5-9(13-15-11)8-6-14-10-4-2-1-3-7(8)10/h1-6H,12H2. The first-order valence-electron chi connectivity index (χ1n) is 4.53. The van der Waals surface area contributed by atoms with Crippen molar-refractivity contribution in [3.63, 3.8) is 0 Å².